The number of amides is 1. The summed E-state index contributed by atoms with van der Waals surface area (Å²) in [5.74, 6) is -2.82. The van der Waals surface area contributed by atoms with Gasteiger partial charge in [-0.25, -0.2) is 4.79 Å². The van der Waals surface area contributed by atoms with Crippen LogP contribution in [0.4, 0.5) is 0 Å². The second kappa shape index (κ2) is 8.27. The molecular formula is C12H19NO5. The molecule has 102 valence electrons. The number of rotatable bonds is 8. The molecule has 0 saturated carbocycles. The summed E-state index contributed by atoms with van der Waals surface area (Å²) < 4.78 is 0. The molecule has 18 heavy (non-hydrogen) atoms. The topological polar surface area (TPSA) is 104 Å². The van der Waals surface area contributed by atoms with Crippen LogP contribution in [0.2, 0.25) is 0 Å². The predicted molar refractivity (Wildman–Crippen MR) is 65.1 cm³/mol. The van der Waals surface area contributed by atoms with E-state index in [0.29, 0.717) is 0 Å². The fourth-order valence-electron chi connectivity index (χ4n) is 1.43. The number of carboxylic acid groups (broad SMARTS) is 2. The molecule has 1 atom stereocenters. The molecule has 0 aliphatic rings. The molecule has 1 amide bonds. The third-order valence-corrected chi connectivity index (χ3v) is 2.28. The molecule has 0 aliphatic carbocycles. The van der Waals surface area contributed by atoms with Gasteiger partial charge in [-0.1, -0.05) is 18.9 Å². The standard InChI is InChI=1S/C12H19NO5/c1-3-4-8(2)7-10(14)13-9(12(17)18)5-6-11(15)16/h7,9H,3-6H2,1-2H3,(H,13,14)(H,15,16)(H,17,18)/b8-7+. The highest BCUT2D eigenvalue weighted by Crippen LogP contribution is 2.03. The molecule has 0 radical (unpaired) electrons. The summed E-state index contributed by atoms with van der Waals surface area (Å²) in [6.45, 7) is 3.76. The third kappa shape index (κ3) is 7.43. The lowest BCUT2D eigenvalue weighted by molar-refractivity contribution is -0.142. The maximum atomic E-state index is 11.5. The molecule has 0 aromatic carbocycles. The van der Waals surface area contributed by atoms with E-state index in [1.54, 1.807) is 6.92 Å². The van der Waals surface area contributed by atoms with Gasteiger partial charge in [0.25, 0.3) is 0 Å². The molecule has 0 aromatic rings. The summed E-state index contributed by atoms with van der Waals surface area (Å²) in [5, 5.41) is 19.6. The summed E-state index contributed by atoms with van der Waals surface area (Å²) in [6.07, 6.45) is 2.59. The molecule has 3 N–H and O–H groups in total. The van der Waals surface area contributed by atoms with Gasteiger partial charge < -0.3 is 15.5 Å². The van der Waals surface area contributed by atoms with E-state index in [9.17, 15) is 14.4 Å². The smallest absolute Gasteiger partial charge is 0.326 e. The number of carbonyl (C=O) groups excluding carboxylic acids is 1. The molecule has 0 heterocycles. The number of carbonyl (C=O) groups is 3. The first-order valence-corrected chi connectivity index (χ1v) is 5.79. The van der Waals surface area contributed by atoms with E-state index in [4.69, 9.17) is 10.2 Å². The second-order valence-electron chi connectivity index (χ2n) is 4.07. The van der Waals surface area contributed by atoms with Gasteiger partial charge in [0.1, 0.15) is 6.04 Å². The molecule has 0 bridgehead atoms. The fraction of sp³-hybridized carbons (Fsp3) is 0.583. The molecule has 0 spiro atoms. The minimum absolute atomic E-state index is 0.128. The van der Waals surface area contributed by atoms with Crippen LogP contribution in [0, 0.1) is 0 Å². The van der Waals surface area contributed by atoms with Crippen molar-refractivity contribution in [1.82, 2.24) is 5.32 Å². The van der Waals surface area contributed by atoms with E-state index in [1.807, 2.05) is 6.92 Å². The maximum absolute atomic E-state index is 11.5. The van der Waals surface area contributed by atoms with Gasteiger partial charge in [0, 0.05) is 12.5 Å². The molecule has 6 nitrogen and oxygen atoms in total. The van der Waals surface area contributed by atoms with Crippen molar-refractivity contribution in [2.45, 2.75) is 45.6 Å². The zero-order valence-corrected chi connectivity index (χ0v) is 10.6. The Morgan fingerprint density at radius 2 is 1.83 bits per heavy atom. The zero-order valence-electron chi connectivity index (χ0n) is 10.6. The average Bonchev–Trinajstić information content (AvgIpc) is 2.23. The van der Waals surface area contributed by atoms with Gasteiger partial charge in [-0.2, -0.15) is 0 Å². The van der Waals surface area contributed by atoms with Crippen LogP contribution < -0.4 is 5.32 Å². The van der Waals surface area contributed by atoms with Crippen LogP contribution in [-0.2, 0) is 14.4 Å². The Labute approximate surface area is 106 Å². The Kier molecular flexibility index (Phi) is 7.42. The Balaban J connectivity index is 4.41. The monoisotopic (exact) mass is 257 g/mol. The van der Waals surface area contributed by atoms with Crippen LogP contribution in [0.1, 0.15) is 39.5 Å². The molecular weight excluding hydrogens is 238 g/mol. The Hall–Kier alpha value is -1.85. The van der Waals surface area contributed by atoms with E-state index in [0.717, 1.165) is 18.4 Å². The van der Waals surface area contributed by atoms with Gasteiger partial charge in [0.2, 0.25) is 5.91 Å². The number of allylic oxidation sites excluding steroid dienone is 1. The lowest BCUT2D eigenvalue weighted by Crippen LogP contribution is -2.40. The first-order chi connectivity index (χ1) is 8.36. The van der Waals surface area contributed by atoms with E-state index >= 15 is 0 Å². The number of hydrogen-bond acceptors (Lipinski definition) is 3. The molecule has 6 heteroatoms. The van der Waals surface area contributed by atoms with Gasteiger partial charge in [-0.05, 0) is 19.8 Å². The van der Waals surface area contributed by atoms with Gasteiger partial charge in [0.15, 0.2) is 0 Å². The van der Waals surface area contributed by atoms with Crippen LogP contribution >= 0.6 is 0 Å². The fourth-order valence-corrected chi connectivity index (χ4v) is 1.43. The van der Waals surface area contributed by atoms with Gasteiger partial charge >= 0.3 is 11.9 Å². The highest BCUT2D eigenvalue weighted by Gasteiger charge is 2.19. The van der Waals surface area contributed by atoms with Crippen molar-refractivity contribution >= 4 is 17.8 Å². The molecule has 0 aromatic heterocycles. The van der Waals surface area contributed by atoms with Crippen LogP contribution in [0.15, 0.2) is 11.6 Å². The van der Waals surface area contributed by atoms with Crippen molar-refractivity contribution in [2.75, 3.05) is 0 Å². The van der Waals surface area contributed by atoms with Crippen molar-refractivity contribution in [3.63, 3.8) is 0 Å². The van der Waals surface area contributed by atoms with Crippen molar-refractivity contribution in [3.05, 3.63) is 11.6 Å². The number of nitrogens with one attached hydrogen (secondary N) is 1. The van der Waals surface area contributed by atoms with Crippen LogP contribution in [0.5, 0.6) is 0 Å². The summed E-state index contributed by atoms with van der Waals surface area (Å²) >= 11 is 0. The zero-order chi connectivity index (χ0) is 14.1. The van der Waals surface area contributed by atoms with E-state index in [2.05, 4.69) is 5.32 Å². The largest absolute Gasteiger partial charge is 0.481 e. The predicted octanol–water partition coefficient (Wildman–Crippen LogP) is 1.17. The first kappa shape index (κ1) is 16.1. The number of aliphatic carboxylic acids is 2. The summed E-state index contributed by atoms with van der Waals surface area (Å²) in [6, 6.07) is -1.17. The Morgan fingerprint density at radius 3 is 2.28 bits per heavy atom. The number of carboxylic acids is 2. The quantitative estimate of drug-likeness (QED) is 0.566. The summed E-state index contributed by atoms with van der Waals surface area (Å²) in [5.41, 5.74) is 0.859. The Morgan fingerprint density at radius 1 is 1.22 bits per heavy atom. The highest BCUT2D eigenvalue weighted by molar-refractivity contribution is 5.91. The lowest BCUT2D eigenvalue weighted by atomic mass is 10.1. The highest BCUT2D eigenvalue weighted by atomic mass is 16.4. The van der Waals surface area contributed by atoms with E-state index in [1.165, 1.54) is 6.08 Å². The van der Waals surface area contributed by atoms with Crippen molar-refractivity contribution < 1.29 is 24.6 Å². The van der Waals surface area contributed by atoms with E-state index < -0.39 is 23.9 Å². The molecule has 0 saturated heterocycles. The van der Waals surface area contributed by atoms with Crippen molar-refractivity contribution in [1.29, 1.82) is 0 Å². The van der Waals surface area contributed by atoms with Gasteiger partial charge in [0.05, 0.1) is 0 Å². The van der Waals surface area contributed by atoms with Gasteiger partial charge in [-0.3, -0.25) is 9.59 Å². The molecule has 1 unspecified atom stereocenters. The number of hydrogen-bond donors (Lipinski definition) is 3. The van der Waals surface area contributed by atoms with E-state index in [-0.39, 0.29) is 12.8 Å². The summed E-state index contributed by atoms with van der Waals surface area (Å²) in [4.78, 5) is 32.7. The molecule has 0 aliphatic heterocycles. The van der Waals surface area contributed by atoms with Crippen molar-refractivity contribution in [3.8, 4) is 0 Å². The van der Waals surface area contributed by atoms with Crippen LogP contribution in [0.3, 0.4) is 0 Å². The summed E-state index contributed by atoms with van der Waals surface area (Å²) in [7, 11) is 0. The minimum Gasteiger partial charge on any atom is -0.481 e. The Bertz CT molecular complexity index is 348. The SMILES string of the molecule is CCC/C(C)=C/C(=O)NC(CCC(=O)O)C(=O)O. The molecule has 0 rings (SSSR count). The third-order valence-electron chi connectivity index (χ3n) is 2.28. The average molecular weight is 257 g/mol. The van der Waals surface area contributed by atoms with Gasteiger partial charge in [-0.15, -0.1) is 0 Å². The first-order valence-electron chi connectivity index (χ1n) is 5.79. The second-order valence-corrected chi connectivity index (χ2v) is 4.07. The van der Waals surface area contributed by atoms with Crippen LogP contribution in [-0.4, -0.2) is 34.1 Å². The lowest BCUT2D eigenvalue weighted by Gasteiger charge is -2.12. The normalized spacial score (nSPS) is 12.9. The minimum atomic E-state index is -1.23. The maximum Gasteiger partial charge on any atom is 0.326 e. The van der Waals surface area contributed by atoms with Crippen LogP contribution in [0.25, 0.3) is 0 Å². The molecule has 0 fully saturated rings. The van der Waals surface area contributed by atoms with Crippen molar-refractivity contribution in [2.24, 2.45) is 0 Å².